The maximum absolute atomic E-state index is 13.8. The molecule has 0 aromatic heterocycles. The molecule has 3 aromatic rings. The van der Waals surface area contributed by atoms with Gasteiger partial charge in [0.25, 0.3) is 0 Å². The van der Waals surface area contributed by atoms with Gasteiger partial charge in [0.15, 0.2) is 0 Å². The third-order valence-corrected chi connectivity index (χ3v) is 8.05. The molecule has 6 heteroatoms. The molecule has 1 aliphatic rings. The Labute approximate surface area is 231 Å². The van der Waals surface area contributed by atoms with Crippen LogP contribution in [0.3, 0.4) is 0 Å². The maximum Gasteiger partial charge on any atom is 0.243 e. The van der Waals surface area contributed by atoms with Crippen LogP contribution in [-0.4, -0.2) is 41.7 Å². The number of carbonyl (C=O) groups is 2. The van der Waals surface area contributed by atoms with Gasteiger partial charge in [0.1, 0.15) is 11.8 Å². The highest BCUT2D eigenvalue weighted by molar-refractivity contribution is 7.99. The summed E-state index contributed by atoms with van der Waals surface area (Å²) in [7, 11) is 1.64. The molecule has 0 radical (unpaired) electrons. The fourth-order valence-electron chi connectivity index (χ4n) is 4.98. The van der Waals surface area contributed by atoms with E-state index in [9.17, 15) is 9.59 Å². The first-order chi connectivity index (χ1) is 18.6. The molecule has 0 saturated heterocycles. The van der Waals surface area contributed by atoms with Gasteiger partial charge in [0.2, 0.25) is 11.8 Å². The summed E-state index contributed by atoms with van der Waals surface area (Å²) in [6.07, 6.45) is 6.32. The van der Waals surface area contributed by atoms with Crippen molar-refractivity contribution in [1.29, 1.82) is 0 Å². The highest BCUT2D eigenvalue weighted by atomic mass is 32.2. The van der Waals surface area contributed by atoms with Crippen LogP contribution in [0, 0.1) is 0 Å². The molecule has 0 bridgehead atoms. The van der Waals surface area contributed by atoms with E-state index in [2.05, 4.69) is 17.4 Å². The normalized spacial score (nSPS) is 14.4. The minimum Gasteiger partial charge on any atom is -0.497 e. The molecule has 3 aromatic carbocycles. The highest BCUT2D eigenvalue weighted by Gasteiger charge is 2.31. The number of thioether (sulfide) groups is 1. The molecule has 5 nitrogen and oxygen atoms in total. The van der Waals surface area contributed by atoms with Crippen molar-refractivity contribution in [2.45, 2.75) is 68.5 Å². The van der Waals surface area contributed by atoms with Crippen molar-refractivity contribution in [3.8, 4) is 5.75 Å². The average molecular weight is 531 g/mol. The van der Waals surface area contributed by atoms with Gasteiger partial charge in [-0.1, -0.05) is 79.9 Å². The second-order valence-corrected chi connectivity index (χ2v) is 11.0. The summed E-state index contributed by atoms with van der Waals surface area (Å²) in [5.41, 5.74) is 1.98. The summed E-state index contributed by atoms with van der Waals surface area (Å²) >= 11 is 1.66. The minimum absolute atomic E-state index is 0.0176. The van der Waals surface area contributed by atoms with Crippen molar-refractivity contribution in [2.24, 2.45) is 0 Å². The summed E-state index contributed by atoms with van der Waals surface area (Å²) in [5.74, 6) is 1.31. The van der Waals surface area contributed by atoms with Gasteiger partial charge in [-0.2, -0.15) is 0 Å². The molecule has 38 heavy (non-hydrogen) atoms. The number of nitrogens with one attached hydrogen (secondary N) is 1. The lowest BCUT2D eigenvalue weighted by Gasteiger charge is -2.33. The monoisotopic (exact) mass is 530 g/mol. The van der Waals surface area contributed by atoms with E-state index in [4.69, 9.17) is 4.74 Å². The molecule has 200 valence electrons. The number of nitrogens with zero attached hydrogens (tertiary/aromatic N) is 1. The Hall–Kier alpha value is -3.25. The largest absolute Gasteiger partial charge is 0.497 e. The van der Waals surface area contributed by atoms with Gasteiger partial charge in [0, 0.05) is 36.1 Å². The number of ether oxygens (including phenoxy) is 1. The lowest BCUT2D eigenvalue weighted by atomic mass is 9.94. The van der Waals surface area contributed by atoms with Crippen LogP contribution in [0.5, 0.6) is 5.75 Å². The first-order valence-corrected chi connectivity index (χ1v) is 14.6. The first kappa shape index (κ1) is 27.8. The van der Waals surface area contributed by atoms with E-state index in [-0.39, 0.29) is 17.9 Å². The Morgan fingerprint density at radius 3 is 2.32 bits per heavy atom. The minimum atomic E-state index is -0.597. The van der Waals surface area contributed by atoms with E-state index in [0.29, 0.717) is 25.1 Å². The van der Waals surface area contributed by atoms with Gasteiger partial charge < -0.3 is 15.0 Å². The van der Waals surface area contributed by atoms with Crippen LogP contribution in [0.4, 0.5) is 0 Å². The fourth-order valence-corrected chi connectivity index (χ4v) is 5.84. The lowest BCUT2D eigenvalue weighted by molar-refractivity contribution is -0.141. The van der Waals surface area contributed by atoms with Crippen LogP contribution >= 0.6 is 11.8 Å². The first-order valence-electron chi connectivity index (χ1n) is 13.6. The Balaban J connectivity index is 1.58. The molecule has 1 saturated carbocycles. The van der Waals surface area contributed by atoms with Crippen LogP contribution in [-0.2, 0) is 22.6 Å². The number of hydrogen-bond donors (Lipinski definition) is 1. The van der Waals surface area contributed by atoms with Crippen molar-refractivity contribution in [3.05, 3.63) is 96.1 Å². The van der Waals surface area contributed by atoms with Crippen LogP contribution in [0.25, 0.3) is 0 Å². The summed E-state index contributed by atoms with van der Waals surface area (Å²) in [4.78, 5) is 30.6. The predicted octanol–water partition coefficient (Wildman–Crippen LogP) is 6.27. The Kier molecular flexibility index (Phi) is 10.7. The highest BCUT2D eigenvalue weighted by Crippen LogP contribution is 2.23. The number of carbonyl (C=O) groups excluding carboxylic acids is 2. The standard InChI is InChI=1S/C32H38N2O3S/c1-37-28-17-11-14-26(22-28)24-34(31(35)20-21-38-29-18-9-4-10-19-29)30(23-25-12-5-2-6-13-25)32(36)33-27-15-7-3-8-16-27/h2,4-6,9-14,17-19,22,27,30H,3,7-8,15-16,20-21,23-24H2,1H3,(H,33,36)/t30-/m0/s1. The SMILES string of the molecule is COc1cccc(CN(C(=O)CCSc2ccccc2)[C@@H](Cc2ccccc2)C(=O)NC2CCCCC2)c1. The predicted molar refractivity (Wildman–Crippen MR) is 154 cm³/mol. The van der Waals surface area contributed by atoms with Crippen molar-refractivity contribution in [2.75, 3.05) is 12.9 Å². The fraction of sp³-hybridized carbons (Fsp3) is 0.375. The average Bonchev–Trinajstić information content (AvgIpc) is 2.96. The van der Waals surface area contributed by atoms with Gasteiger partial charge in [-0.3, -0.25) is 9.59 Å². The number of rotatable bonds is 12. The number of hydrogen-bond acceptors (Lipinski definition) is 4. The number of benzene rings is 3. The molecule has 0 spiro atoms. The summed E-state index contributed by atoms with van der Waals surface area (Å²) in [6.45, 7) is 0.349. The van der Waals surface area contributed by atoms with E-state index >= 15 is 0 Å². The quantitative estimate of drug-likeness (QED) is 0.281. The van der Waals surface area contributed by atoms with Crippen molar-refractivity contribution in [3.63, 3.8) is 0 Å². The van der Waals surface area contributed by atoms with Crippen molar-refractivity contribution >= 4 is 23.6 Å². The van der Waals surface area contributed by atoms with Gasteiger partial charge in [0.05, 0.1) is 7.11 Å². The second-order valence-electron chi connectivity index (χ2n) is 9.83. The van der Waals surface area contributed by atoms with Gasteiger partial charge in [-0.05, 0) is 48.2 Å². The van der Waals surface area contributed by atoms with Crippen LogP contribution < -0.4 is 10.1 Å². The van der Waals surface area contributed by atoms with Gasteiger partial charge in [-0.15, -0.1) is 11.8 Å². The zero-order chi connectivity index (χ0) is 26.6. The van der Waals surface area contributed by atoms with Crippen LogP contribution in [0.1, 0.15) is 49.7 Å². The molecule has 1 N–H and O–H groups in total. The molecular formula is C32H38N2O3S. The molecular weight excluding hydrogens is 492 g/mol. The molecule has 1 atom stereocenters. The number of amides is 2. The third kappa shape index (κ3) is 8.38. The zero-order valence-electron chi connectivity index (χ0n) is 22.2. The molecule has 2 amide bonds. The van der Waals surface area contributed by atoms with Gasteiger partial charge in [-0.25, -0.2) is 0 Å². The Morgan fingerprint density at radius 2 is 1.61 bits per heavy atom. The molecule has 1 aliphatic carbocycles. The van der Waals surface area contributed by atoms with E-state index in [1.165, 1.54) is 6.42 Å². The van der Waals surface area contributed by atoms with Crippen LogP contribution in [0.2, 0.25) is 0 Å². The zero-order valence-corrected chi connectivity index (χ0v) is 23.0. The summed E-state index contributed by atoms with van der Waals surface area (Å²) < 4.78 is 5.43. The summed E-state index contributed by atoms with van der Waals surface area (Å²) in [5, 5.41) is 3.30. The van der Waals surface area contributed by atoms with Gasteiger partial charge >= 0.3 is 0 Å². The molecule has 1 fully saturated rings. The van der Waals surface area contributed by atoms with Crippen LogP contribution in [0.15, 0.2) is 89.8 Å². The van der Waals surface area contributed by atoms with Crippen molar-refractivity contribution < 1.29 is 14.3 Å². The summed E-state index contributed by atoms with van der Waals surface area (Å²) in [6, 6.07) is 27.4. The Bertz CT molecular complexity index is 1150. The van der Waals surface area contributed by atoms with E-state index in [0.717, 1.165) is 47.5 Å². The topological polar surface area (TPSA) is 58.6 Å². The number of methoxy groups -OCH3 is 1. The van der Waals surface area contributed by atoms with E-state index in [1.54, 1.807) is 23.8 Å². The van der Waals surface area contributed by atoms with Crippen molar-refractivity contribution in [1.82, 2.24) is 10.2 Å². The molecule has 4 rings (SSSR count). The molecule has 0 heterocycles. The molecule has 0 aliphatic heterocycles. The Morgan fingerprint density at radius 1 is 0.921 bits per heavy atom. The lowest BCUT2D eigenvalue weighted by Crippen LogP contribution is -2.52. The third-order valence-electron chi connectivity index (χ3n) is 7.04. The van der Waals surface area contributed by atoms with E-state index < -0.39 is 6.04 Å². The maximum atomic E-state index is 13.8. The molecule has 0 unspecified atom stereocenters. The second kappa shape index (κ2) is 14.6. The van der Waals surface area contributed by atoms with E-state index in [1.807, 2.05) is 72.8 Å². The smallest absolute Gasteiger partial charge is 0.243 e.